The first-order valence-corrected chi connectivity index (χ1v) is 3.83. The van der Waals surface area contributed by atoms with Crippen molar-refractivity contribution in [1.29, 1.82) is 0 Å². The van der Waals surface area contributed by atoms with Crippen LogP contribution in [0.15, 0.2) is 0 Å². The Morgan fingerprint density at radius 2 is 2.38 bits per heavy atom. The van der Waals surface area contributed by atoms with Gasteiger partial charge in [-0.3, -0.25) is 0 Å². The molecule has 0 aliphatic heterocycles. The van der Waals surface area contributed by atoms with E-state index in [2.05, 4.69) is 21.3 Å². The van der Waals surface area contributed by atoms with Crippen LogP contribution in [0, 0.1) is 0 Å². The molecule has 0 amide bonds. The molecule has 0 radical (unpaired) electrons. The van der Waals surface area contributed by atoms with E-state index in [1.807, 2.05) is 0 Å². The predicted molar refractivity (Wildman–Crippen MR) is 35.5 cm³/mol. The average molecular weight is 180 g/mol. The van der Waals surface area contributed by atoms with Crippen molar-refractivity contribution in [1.82, 2.24) is 5.32 Å². The third-order valence-electron chi connectivity index (χ3n) is 1.02. The van der Waals surface area contributed by atoms with Crippen molar-refractivity contribution in [2.45, 2.75) is 18.3 Å². The topological polar surface area (TPSA) is 29.1 Å². The first-order valence-electron chi connectivity index (χ1n) is 2.51. The minimum atomic E-state index is 0.0370. The van der Waals surface area contributed by atoms with Crippen molar-refractivity contribution < 1.29 is 4.79 Å². The van der Waals surface area contributed by atoms with Crippen LogP contribution in [0.2, 0.25) is 5.32 Å². The standard InChI is InChI=1S/C5H11NOSe/c1-4(7)5(3-8)6-2/h5-6,8H,3H2,1-2H3/t5-/m0/s1. The summed E-state index contributed by atoms with van der Waals surface area (Å²) in [4.78, 5) is 10.5. The molecule has 0 saturated heterocycles. The number of hydrogen-bond acceptors (Lipinski definition) is 2. The summed E-state index contributed by atoms with van der Waals surface area (Å²) in [5.74, 6) is 0.202. The number of Topliss-reactive ketones (excluding diaryl/α,β-unsaturated/α-hetero) is 1. The second-order valence-electron chi connectivity index (χ2n) is 1.63. The fourth-order valence-corrected chi connectivity index (χ4v) is 1.35. The van der Waals surface area contributed by atoms with Gasteiger partial charge in [0, 0.05) is 0 Å². The monoisotopic (exact) mass is 181 g/mol. The van der Waals surface area contributed by atoms with Gasteiger partial charge in [0.15, 0.2) is 0 Å². The van der Waals surface area contributed by atoms with E-state index in [9.17, 15) is 4.79 Å². The number of likely N-dealkylation sites (N-methyl/N-ethyl adjacent to an activating group) is 1. The number of nitrogens with one attached hydrogen (secondary N) is 1. The Morgan fingerprint density at radius 1 is 1.88 bits per heavy atom. The molecule has 0 bridgehead atoms. The van der Waals surface area contributed by atoms with E-state index >= 15 is 0 Å². The van der Waals surface area contributed by atoms with Crippen LogP contribution in [0.3, 0.4) is 0 Å². The van der Waals surface area contributed by atoms with E-state index in [0.29, 0.717) is 0 Å². The summed E-state index contributed by atoms with van der Waals surface area (Å²) in [6.45, 7) is 1.59. The second-order valence-corrected chi connectivity index (χ2v) is 2.40. The van der Waals surface area contributed by atoms with E-state index in [-0.39, 0.29) is 11.8 Å². The molecular formula is C5H11NOSe. The molecule has 0 fully saturated rings. The quantitative estimate of drug-likeness (QED) is 0.592. The molecule has 0 aromatic heterocycles. The zero-order valence-corrected chi connectivity index (χ0v) is 7.02. The van der Waals surface area contributed by atoms with E-state index in [4.69, 9.17) is 0 Å². The second kappa shape index (κ2) is 4.07. The molecule has 0 rings (SSSR count). The summed E-state index contributed by atoms with van der Waals surface area (Å²) >= 11 is 2.39. The van der Waals surface area contributed by atoms with E-state index in [1.165, 1.54) is 0 Å². The molecule has 48 valence electrons. The summed E-state index contributed by atoms with van der Waals surface area (Å²) in [6.07, 6.45) is 0. The number of ketones is 1. The molecule has 0 aromatic rings. The van der Waals surface area contributed by atoms with Crippen molar-refractivity contribution in [3.63, 3.8) is 0 Å². The molecule has 0 heterocycles. The normalized spacial score (nSPS) is 13.4. The molecule has 0 unspecified atom stereocenters. The first kappa shape index (κ1) is 8.15. The van der Waals surface area contributed by atoms with Crippen LogP contribution in [-0.4, -0.2) is 34.9 Å². The van der Waals surface area contributed by atoms with Gasteiger partial charge in [-0.15, -0.1) is 0 Å². The maximum absolute atomic E-state index is 10.5. The fourth-order valence-electron chi connectivity index (χ4n) is 0.423. The van der Waals surface area contributed by atoms with Gasteiger partial charge in [0.2, 0.25) is 0 Å². The van der Waals surface area contributed by atoms with Crippen molar-refractivity contribution in [2.75, 3.05) is 7.05 Å². The minimum absolute atomic E-state index is 0.0370. The summed E-state index contributed by atoms with van der Waals surface area (Å²) in [5.41, 5.74) is 0. The van der Waals surface area contributed by atoms with E-state index < -0.39 is 0 Å². The number of carbonyl (C=O) groups excluding carboxylic acids is 1. The fraction of sp³-hybridized carbons (Fsp3) is 0.800. The summed E-state index contributed by atoms with van der Waals surface area (Å²) < 4.78 is 0. The van der Waals surface area contributed by atoms with Crippen LogP contribution in [0.5, 0.6) is 0 Å². The third-order valence-corrected chi connectivity index (χ3v) is 1.79. The average Bonchev–Trinajstić information content (AvgIpc) is 1.69. The van der Waals surface area contributed by atoms with Gasteiger partial charge in [-0.1, -0.05) is 0 Å². The van der Waals surface area contributed by atoms with Crippen molar-refractivity contribution in [2.24, 2.45) is 0 Å². The zero-order chi connectivity index (χ0) is 6.57. The van der Waals surface area contributed by atoms with Gasteiger partial charge in [-0.2, -0.15) is 0 Å². The molecule has 8 heavy (non-hydrogen) atoms. The molecule has 0 spiro atoms. The Morgan fingerprint density at radius 3 is 2.38 bits per heavy atom. The molecule has 1 atom stereocenters. The number of rotatable bonds is 3. The van der Waals surface area contributed by atoms with Gasteiger partial charge < -0.3 is 0 Å². The van der Waals surface area contributed by atoms with E-state index in [1.54, 1.807) is 14.0 Å². The summed E-state index contributed by atoms with van der Waals surface area (Å²) in [5, 5.41) is 3.70. The van der Waals surface area contributed by atoms with Gasteiger partial charge in [-0.25, -0.2) is 0 Å². The Hall–Kier alpha value is 0.149. The van der Waals surface area contributed by atoms with Gasteiger partial charge >= 0.3 is 57.2 Å². The summed E-state index contributed by atoms with van der Waals surface area (Å²) in [7, 11) is 1.79. The molecule has 0 aliphatic rings. The maximum atomic E-state index is 10.5. The van der Waals surface area contributed by atoms with E-state index in [0.717, 1.165) is 5.32 Å². The van der Waals surface area contributed by atoms with Gasteiger partial charge in [-0.05, 0) is 0 Å². The van der Waals surface area contributed by atoms with Crippen LogP contribution < -0.4 is 5.32 Å². The number of carbonyl (C=O) groups is 1. The molecule has 0 saturated carbocycles. The molecule has 3 heteroatoms. The van der Waals surface area contributed by atoms with Crippen LogP contribution in [-0.2, 0) is 4.79 Å². The zero-order valence-electron chi connectivity index (χ0n) is 5.14. The van der Waals surface area contributed by atoms with Gasteiger partial charge in [0.05, 0.1) is 0 Å². The third kappa shape index (κ3) is 2.46. The molecule has 0 aromatic carbocycles. The Bertz CT molecular complexity index is 80.5. The van der Waals surface area contributed by atoms with Crippen molar-refractivity contribution in [3.05, 3.63) is 0 Å². The van der Waals surface area contributed by atoms with Crippen LogP contribution >= 0.6 is 0 Å². The Balaban J connectivity index is 3.52. The molecule has 1 N–H and O–H groups in total. The Labute approximate surface area is 57.8 Å². The van der Waals surface area contributed by atoms with Crippen molar-refractivity contribution in [3.8, 4) is 0 Å². The van der Waals surface area contributed by atoms with Crippen LogP contribution in [0.1, 0.15) is 6.92 Å². The molecule has 2 nitrogen and oxygen atoms in total. The summed E-state index contributed by atoms with van der Waals surface area (Å²) in [6, 6.07) is 0.0370. The number of hydrogen-bond donors (Lipinski definition) is 1. The van der Waals surface area contributed by atoms with Crippen molar-refractivity contribution >= 4 is 21.8 Å². The van der Waals surface area contributed by atoms with Gasteiger partial charge in [0.25, 0.3) is 0 Å². The molecular weight excluding hydrogens is 169 g/mol. The van der Waals surface area contributed by atoms with Crippen LogP contribution in [0.4, 0.5) is 0 Å². The first-order chi connectivity index (χ1) is 3.72. The van der Waals surface area contributed by atoms with Crippen LogP contribution in [0.25, 0.3) is 0 Å². The Kier molecular flexibility index (Phi) is 4.15. The van der Waals surface area contributed by atoms with Gasteiger partial charge in [0.1, 0.15) is 0 Å². The SMILES string of the molecule is CN[C@@H](C[SeH])C(C)=O. The molecule has 0 aliphatic carbocycles. The predicted octanol–water partition coefficient (Wildman–Crippen LogP) is -0.518.